The highest BCUT2D eigenvalue weighted by Gasteiger charge is 2.41. The summed E-state index contributed by atoms with van der Waals surface area (Å²) >= 11 is 0. The Morgan fingerprint density at radius 1 is 1.32 bits per heavy atom. The summed E-state index contributed by atoms with van der Waals surface area (Å²) in [4.78, 5) is 17.4. The van der Waals surface area contributed by atoms with Crippen LogP contribution in [0.2, 0.25) is 0 Å². The summed E-state index contributed by atoms with van der Waals surface area (Å²) in [5.41, 5.74) is 0.634. The maximum absolute atomic E-state index is 13.0. The number of rotatable bonds is 6. The van der Waals surface area contributed by atoms with Gasteiger partial charge in [-0.25, -0.2) is 0 Å². The molecule has 0 aromatic carbocycles. The highest BCUT2D eigenvalue weighted by Crippen LogP contribution is 2.34. The molecule has 1 aromatic heterocycles. The van der Waals surface area contributed by atoms with Gasteiger partial charge in [-0.3, -0.25) is 14.4 Å². The van der Waals surface area contributed by atoms with E-state index in [4.69, 9.17) is 14.2 Å². The molecule has 0 bridgehead atoms. The molecular weight excluding hydrogens is 360 g/mol. The Hall–Kier alpha value is -1.48. The molecule has 0 radical (unpaired) electrons. The van der Waals surface area contributed by atoms with Gasteiger partial charge in [-0.1, -0.05) is 0 Å². The Morgan fingerprint density at radius 3 is 3.14 bits per heavy atom. The molecule has 0 saturated carbocycles. The van der Waals surface area contributed by atoms with Crippen LogP contribution in [-0.2, 0) is 20.8 Å². The first-order chi connectivity index (χ1) is 13.7. The molecule has 28 heavy (non-hydrogen) atoms. The number of amides is 1. The molecule has 156 valence electrons. The molecule has 3 aliphatic heterocycles. The van der Waals surface area contributed by atoms with Crippen molar-refractivity contribution in [2.75, 3.05) is 59.7 Å². The minimum Gasteiger partial charge on any atom is -0.383 e. The zero-order valence-corrected chi connectivity index (χ0v) is 16.8. The standard InChI is InChI=1S/C20H32N4O4/c1-26-11-9-24-18(3-5-21-24)20(25)23-7-4-16-13-17(28-19(16)15-23)14-22-6-2-10-27-12-8-22/h3,5,16-17,19H,2,4,6-15H2,1H3/t16-,17?,19-/m0/s1. The van der Waals surface area contributed by atoms with Crippen LogP contribution in [0, 0.1) is 5.92 Å². The highest BCUT2D eigenvalue weighted by molar-refractivity contribution is 5.92. The second kappa shape index (κ2) is 9.35. The predicted octanol–water partition coefficient (Wildman–Crippen LogP) is 0.871. The number of methoxy groups -OCH3 is 1. The Balaban J connectivity index is 1.32. The molecular formula is C20H32N4O4. The van der Waals surface area contributed by atoms with Crippen LogP contribution < -0.4 is 0 Å². The molecule has 8 heteroatoms. The average molecular weight is 393 g/mol. The zero-order valence-electron chi connectivity index (χ0n) is 16.8. The number of nitrogens with zero attached hydrogens (tertiary/aromatic N) is 4. The molecule has 1 aromatic rings. The first kappa shape index (κ1) is 19.8. The fourth-order valence-corrected chi connectivity index (χ4v) is 4.63. The van der Waals surface area contributed by atoms with Crippen LogP contribution in [0.1, 0.15) is 29.8 Å². The third-order valence-corrected chi connectivity index (χ3v) is 6.14. The molecule has 3 aliphatic rings. The van der Waals surface area contributed by atoms with Crippen molar-refractivity contribution in [3.05, 3.63) is 18.0 Å². The van der Waals surface area contributed by atoms with E-state index in [9.17, 15) is 4.79 Å². The van der Waals surface area contributed by atoms with E-state index in [1.807, 2.05) is 4.90 Å². The summed E-state index contributed by atoms with van der Waals surface area (Å²) in [6.45, 7) is 7.35. The number of hydrogen-bond donors (Lipinski definition) is 0. The quantitative estimate of drug-likeness (QED) is 0.716. The van der Waals surface area contributed by atoms with Crippen LogP contribution in [0.25, 0.3) is 0 Å². The first-order valence-corrected chi connectivity index (χ1v) is 10.5. The Kier molecular flexibility index (Phi) is 6.61. The summed E-state index contributed by atoms with van der Waals surface area (Å²) < 4.78 is 18.8. The largest absolute Gasteiger partial charge is 0.383 e. The lowest BCUT2D eigenvalue weighted by atomic mass is 9.91. The zero-order chi connectivity index (χ0) is 19.3. The van der Waals surface area contributed by atoms with Gasteiger partial charge in [0.1, 0.15) is 5.69 Å². The van der Waals surface area contributed by atoms with E-state index in [1.165, 1.54) is 0 Å². The third-order valence-electron chi connectivity index (χ3n) is 6.14. The highest BCUT2D eigenvalue weighted by atomic mass is 16.5. The van der Waals surface area contributed by atoms with Crippen LogP contribution in [0.5, 0.6) is 0 Å². The van der Waals surface area contributed by atoms with E-state index in [-0.39, 0.29) is 18.1 Å². The summed E-state index contributed by atoms with van der Waals surface area (Å²) in [5.74, 6) is 0.611. The van der Waals surface area contributed by atoms with Gasteiger partial charge in [-0.15, -0.1) is 0 Å². The van der Waals surface area contributed by atoms with Crippen molar-refractivity contribution in [2.24, 2.45) is 5.92 Å². The lowest BCUT2D eigenvalue weighted by molar-refractivity contribution is -0.0143. The van der Waals surface area contributed by atoms with E-state index in [0.717, 1.165) is 58.7 Å². The van der Waals surface area contributed by atoms with Gasteiger partial charge < -0.3 is 19.1 Å². The molecule has 0 N–H and O–H groups in total. The lowest BCUT2D eigenvalue weighted by Gasteiger charge is -2.34. The Morgan fingerprint density at radius 2 is 2.25 bits per heavy atom. The first-order valence-electron chi connectivity index (χ1n) is 10.5. The fourth-order valence-electron chi connectivity index (χ4n) is 4.63. The number of ether oxygens (including phenoxy) is 3. The predicted molar refractivity (Wildman–Crippen MR) is 103 cm³/mol. The van der Waals surface area contributed by atoms with Crippen LogP contribution in [0.3, 0.4) is 0 Å². The van der Waals surface area contributed by atoms with E-state index in [2.05, 4.69) is 10.00 Å². The van der Waals surface area contributed by atoms with Gasteiger partial charge >= 0.3 is 0 Å². The number of aromatic nitrogens is 2. The van der Waals surface area contributed by atoms with Crippen molar-refractivity contribution in [3.8, 4) is 0 Å². The molecule has 4 heterocycles. The number of likely N-dealkylation sites (tertiary alicyclic amines) is 1. The Bertz CT molecular complexity index is 644. The topological polar surface area (TPSA) is 69.1 Å². The summed E-state index contributed by atoms with van der Waals surface area (Å²) in [6, 6.07) is 1.80. The minimum atomic E-state index is 0.0452. The van der Waals surface area contributed by atoms with Crippen LogP contribution in [0.15, 0.2) is 12.3 Å². The molecule has 8 nitrogen and oxygen atoms in total. The summed E-state index contributed by atoms with van der Waals surface area (Å²) in [7, 11) is 1.66. The molecule has 1 amide bonds. The maximum atomic E-state index is 13.0. The van der Waals surface area contributed by atoms with E-state index in [0.29, 0.717) is 31.3 Å². The van der Waals surface area contributed by atoms with Crippen molar-refractivity contribution in [1.82, 2.24) is 19.6 Å². The normalized spacial score (nSPS) is 28.9. The molecule has 0 aliphatic carbocycles. The average Bonchev–Trinajstić information content (AvgIpc) is 3.25. The number of carbonyl (C=O) groups excluding carboxylic acids is 1. The van der Waals surface area contributed by atoms with Crippen molar-refractivity contribution in [2.45, 2.75) is 38.0 Å². The van der Waals surface area contributed by atoms with Gasteiger partial charge in [-0.2, -0.15) is 5.10 Å². The van der Waals surface area contributed by atoms with Gasteiger partial charge in [0.2, 0.25) is 0 Å². The van der Waals surface area contributed by atoms with E-state index >= 15 is 0 Å². The van der Waals surface area contributed by atoms with Crippen molar-refractivity contribution >= 4 is 5.91 Å². The van der Waals surface area contributed by atoms with Crippen molar-refractivity contribution in [1.29, 1.82) is 0 Å². The molecule has 4 rings (SSSR count). The Labute approximate surface area is 166 Å². The van der Waals surface area contributed by atoms with E-state index in [1.54, 1.807) is 24.1 Å². The number of fused-ring (bicyclic) bond motifs is 1. The van der Waals surface area contributed by atoms with Crippen molar-refractivity contribution in [3.63, 3.8) is 0 Å². The number of carbonyl (C=O) groups is 1. The van der Waals surface area contributed by atoms with Gasteiger partial charge in [0.15, 0.2) is 0 Å². The number of hydrogen-bond acceptors (Lipinski definition) is 6. The second-order valence-electron chi connectivity index (χ2n) is 8.03. The monoisotopic (exact) mass is 392 g/mol. The summed E-state index contributed by atoms with van der Waals surface area (Å²) in [5, 5.41) is 4.26. The second-order valence-corrected chi connectivity index (χ2v) is 8.03. The smallest absolute Gasteiger partial charge is 0.272 e. The molecule has 3 saturated heterocycles. The molecule has 1 unspecified atom stereocenters. The lowest BCUT2D eigenvalue weighted by Crippen LogP contribution is -2.46. The van der Waals surface area contributed by atoms with Crippen LogP contribution in [0.4, 0.5) is 0 Å². The van der Waals surface area contributed by atoms with E-state index < -0.39 is 0 Å². The summed E-state index contributed by atoms with van der Waals surface area (Å²) in [6.07, 6.45) is 5.33. The van der Waals surface area contributed by atoms with Crippen LogP contribution >= 0.6 is 0 Å². The molecule has 0 spiro atoms. The maximum Gasteiger partial charge on any atom is 0.272 e. The SMILES string of the molecule is COCCn1nccc1C(=O)N1CC[C@H]2CC(CN3CCCOCC3)O[C@H]2C1. The van der Waals surface area contributed by atoms with Gasteiger partial charge in [0.25, 0.3) is 5.91 Å². The fraction of sp³-hybridized carbons (Fsp3) is 0.800. The third kappa shape index (κ3) is 4.56. The van der Waals surface area contributed by atoms with Gasteiger partial charge in [-0.05, 0) is 31.2 Å². The molecule has 3 fully saturated rings. The van der Waals surface area contributed by atoms with Gasteiger partial charge in [0, 0.05) is 52.6 Å². The number of piperidine rings is 1. The van der Waals surface area contributed by atoms with Crippen molar-refractivity contribution < 1.29 is 19.0 Å². The van der Waals surface area contributed by atoms with Crippen LogP contribution in [-0.4, -0.2) is 97.3 Å². The van der Waals surface area contributed by atoms with Gasteiger partial charge in [0.05, 0.1) is 32.0 Å². The minimum absolute atomic E-state index is 0.0452. The molecule has 3 atom stereocenters.